The Balaban J connectivity index is 1.95. The summed E-state index contributed by atoms with van der Waals surface area (Å²) in [6.07, 6.45) is 3.26. The molecule has 1 aliphatic heterocycles. The van der Waals surface area contributed by atoms with Crippen LogP contribution >= 0.6 is 22.9 Å². The van der Waals surface area contributed by atoms with Crippen LogP contribution in [0.25, 0.3) is 6.08 Å². The number of carbonyl (C=O) groups excluding carboxylic acids is 1. The fraction of sp³-hybridized carbons (Fsp3) is 0.125. The fourth-order valence-electron chi connectivity index (χ4n) is 3.48. The molecule has 156 valence electrons. The molecule has 7 heteroatoms. The first kappa shape index (κ1) is 21.0. The van der Waals surface area contributed by atoms with Crippen molar-refractivity contribution in [2.45, 2.75) is 13.0 Å². The Hall–Kier alpha value is -3.22. The highest BCUT2D eigenvalue weighted by Gasteiger charge is 2.33. The van der Waals surface area contributed by atoms with Crippen LogP contribution in [0.15, 0.2) is 88.3 Å². The van der Waals surface area contributed by atoms with Crippen LogP contribution in [0.1, 0.15) is 24.1 Å². The van der Waals surface area contributed by atoms with Gasteiger partial charge in [-0.1, -0.05) is 84.1 Å². The molecule has 0 unspecified atom stereocenters. The van der Waals surface area contributed by atoms with Gasteiger partial charge < -0.3 is 4.74 Å². The van der Waals surface area contributed by atoms with E-state index < -0.39 is 12.0 Å². The molecule has 5 nitrogen and oxygen atoms in total. The molecule has 0 bridgehead atoms. The van der Waals surface area contributed by atoms with Crippen molar-refractivity contribution in [1.82, 2.24) is 4.57 Å². The molecule has 1 aliphatic rings. The zero-order valence-electron chi connectivity index (χ0n) is 16.7. The van der Waals surface area contributed by atoms with Gasteiger partial charge >= 0.3 is 5.97 Å². The van der Waals surface area contributed by atoms with Crippen molar-refractivity contribution in [3.8, 4) is 0 Å². The number of allylic oxidation sites excluding steroid dienone is 1. The van der Waals surface area contributed by atoms with E-state index in [0.29, 0.717) is 25.6 Å². The van der Waals surface area contributed by atoms with Crippen LogP contribution in [-0.2, 0) is 9.53 Å². The van der Waals surface area contributed by atoms with Crippen molar-refractivity contribution >= 4 is 35.0 Å². The number of fused-ring (bicyclic) bond motifs is 1. The number of rotatable bonds is 5. The molecule has 4 rings (SSSR count). The van der Waals surface area contributed by atoms with Gasteiger partial charge in [0, 0.05) is 5.02 Å². The molecule has 31 heavy (non-hydrogen) atoms. The summed E-state index contributed by atoms with van der Waals surface area (Å²) in [7, 11) is 0. The molecule has 0 saturated heterocycles. The maximum atomic E-state index is 13.5. The summed E-state index contributed by atoms with van der Waals surface area (Å²) in [6, 6.07) is 16.1. The lowest BCUT2D eigenvalue weighted by atomic mass is 9.96. The summed E-state index contributed by atoms with van der Waals surface area (Å²) in [4.78, 5) is 31.4. The van der Waals surface area contributed by atoms with Gasteiger partial charge in [-0.2, -0.15) is 0 Å². The largest absolute Gasteiger partial charge is 0.458 e. The third-order valence-electron chi connectivity index (χ3n) is 4.88. The number of halogens is 1. The van der Waals surface area contributed by atoms with Crippen molar-refractivity contribution in [2.24, 2.45) is 4.99 Å². The van der Waals surface area contributed by atoms with Crippen molar-refractivity contribution in [3.05, 3.63) is 114 Å². The van der Waals surface area contributed by atoms with Crippen LogP contribution in [0, 0.1) is 0 Å². The summed E-state index contributed by atoms with van der Waals surface area (Å²) in [5.41, 5.74) is 2.16. The number of carbonyl (C=O) groups is 1. The first-order chi connectivity index (χ1) is 15.0. The number of ether oxygens (including phenoxy) is 1. The predicted octanol–water partition coefficient (Wildman–Crippen LogP) is 3.62. The summed E-state index contributed by atoms with van der Waals surface area (Å²) < 4.78 is 7.36. The molecule has 2 aromatic carbocycles. The highest BCUT2D eigenvalue weighted by molar-refractivity contribution is 7.07. The lowest BCUT2D eigenvalue weighted by Crippen LogP contribution is -2.39. The maximum absolute atomic E-state index is 13.5. The van der Waals surface area contributed by atoms with E-state index in [9.17, 15) is 9.59 Å². The van der Waals surface area contributed by atoms with Crippen LogP contribution in [-0.4, -0.2) is 17.1 Å². The van der Waals surface area contributed by atoms with Gasteiger partial charge in [-0.25, -0.2) is 9.79 Å². The van der Waals surface area contributed by atoms with Gasteiger partial charge in [-0.15, -0.1) is 0 Å². The van der Waals surface area contributed by atoms with Gasteiger partial charge in [0.15, 0.2) is 4.80 Å². The Morgan fingerprint density at radius 1 is 1.23 bits per heavy atom. The average molecular weight is 451 g/mol. The Bertz CT molecular complexity index is 1370. The Labute approximate surface area is 187 Å². The van der Waals surface area contributed by atoms with Crippen molar-refractivity contribution in [3.63, 3.8) is 0 Å². The van der Waals surface area contributed by atoms with Gasteiger partial charge in [-0.05, 0) is 30.2 Å². The van der Waals surface area contributed by atoms with Crippen molar-refractivity contribution in [2.75, 3.05) is 6.61 Å². The van der Waals surface area contributed by atoms with Crippen LogP contribution < -0.4 is 14.9 Å². The van der Waals surface area contributed by atoms with E-state index in [0.717, 1.165) is 11.1 Å². The number of hydrogen-bond donors (Lipinski definition) is 0. The lowest BCUT2D eigenvalue weighted by Gasteiger charge is -2.24. The monoisotopic (exact) mass is 450 g/mol. The fourth-order valence-corrected chi connectivity index (χ4v) is 4.71. The molecule has 3 aromatic rings. The molecule has 0 radical (unpaired) electrons. The minimum Gasteiger partial charge on any atom is -0.458 e. The van der Waals surface area contributed by atoms with Crippen LogP contribution in [0.5, 0.6) is 0 Å². The van der Waals surface area contributed by atoms with E-state index in [-0.39, 0.29) is 12.2 Å². The molecule has 0 aliphatic carbocycles. The Kier molecular flexibility index (Phi) is 6.02. The summed E-state index contributed by atoms with van der Waals surface area (Å²) >= 11 is 7.54. The molecule has 0 fully saturated rings. The normalized spacial score (nSPS) is 15.9. The lowest BCUT2D eigenvalue weighted by molar-refractivity contribution is -0.138. The number of nitrogens with zero attached hydrogens (tertiary/aromatic N) is 2. The highest BCUT2D eigenvalue weighted by atomic mass is 35.5. The maximum Gasteiger partial charge on any atom is 0.338 e. The molecule has 0 saturated carbocycles. The first-order valence-electron chi connectivity index (χ1n) is 9.61. The third-order valence-corrected chi connectivity index (χ3v) is 6.21. The zero-order valence-corrected chi connectivity index (χ0v) is 18.3. The quantitative estimate of drug-likeness (QED) is 0.440. The topological polar surface area (TPSA) is 60.7 Å². The molecular formula is C24H19ClN2O3S. The third kappa shape index (κ3) is 4.04. The standard InChI is InChI=1S/C24H19ClN2O3S/c1-3-13-30-23(29)20-15(2)26-24-27(21(20)16-9-5-4-6-10-16)22(28)19(31-24)14-17-11-7-8-12-18(17)25/h3-12,14,21H,1,13H2,2H3/b19-14+/t21-/m0/s1. The second kappa shape index (κ2) is 8.88. The smallest absolute Gasteiger partial charge is 0.338 e. The molecule has 0 spiro atoms. The van der Waals surface area contributed by atoms with E-state index in [1.807, 2.05) is 48.5 Å². The van der Waals surface area contributed by atoms with E-state index >= 15 is 0 Å². The predicted molar refractivity (Wildman–Crippen MR) is 123 cm³/mol. The second-order valence-electron chi connectivity index (χ2n) is 6.90. The Morgan fingerprint density at radius 2 is 1.94 bits per heavy atom. The van der Waals surface area contributed by atoms with Gasteiger partial charge in [-0.3, -0.25) is 9.36 Å². The van der Waals surface area contributed by atoms with Crippen LogP contribution in [0.4, 0.5) is 0 Å². The summed E-state index contributed by atoms with van der Waals surface area (Å²) in [5, 5.41) is 0.554. The average Bonchev–Trinajstić information content (AvgIpc) is 3.08. The van der Waals surface area contributed by atoms with E-state index in [2.05, 4.69) is 11.6 Å². The number of benzene rings is 2. The summed E-state index contributed by atoms with van der Waals surface area (Å²) in [6.45, 7) is 5.42. The number of aromatic nitrogens is 1. The van der Waals surface area contributed by atoms with Crippen molar-refractivity contribution < 1.29 is 9.53 Å². The zero-order chi connectivity index (χ0) is 22.0. The van der Waals surface area contributed by atoms with Gasteiger partial charge in [0.2, 0.25) is 0 Å². The second-order valence-corrected chi connectivity index (χ2v) is 8.32. The van der Waals surface area contributed by atoms with Gasteiger partial charge in [0.05, 0.1) is 21.8 Å². The molecular weight excluding hydrogens is 432 g/mol. The van der Waals surface area contributed by atoms with Crippen LogP contribution in [0.3, 0.4) is 0 Å². The molecule has 2 heterocycles. The molecule has 1 aromatic heterocycles. The minimum absolute atomic E-state index is 0.0774. The number of thiazole rings is 1. The molecule has 0 N–H and O–H groups in total. The minimum atomic E-state index is -0.636. The van der Waals surface area contributed by atoms with E-state index in [4.69, 9.17) is 16.3 Å². The van der Waals surface area contributed by atoms with Crippen LogP contribution in [0.2, 0.25) is 5.02 Å². The van der Waals surface area contributed by atoms with Gasteiger partial charge in [0.1, 0.15) is 6.61 Å². The van der Waals surface area contributed by atoms with E-state index in [1.165, 1.54) is 17.4 Å². The highest BCUT2D eigenvalue weighted by Crippen LogP contribution is 2.30. The number of esters is 1. The number of hydrogen-bond acceptors (Lipinski definition) is 5. The first-order valence-corrected chi connectivity index (χ1v) is 10.8. The van der Waals surface area contributed by atoms with Crippen molar-refractivity contribution in [1.29, 1.82) is 0 Å². The van der Waals surface area contributed by atoms with E-state index in [1.54, 1.807) is 23.6 Å². The molecule has 0 amide bonds. The SMILES string of the molecule is C=CCOC(=O)C1=C(C)N=c2s/c(=C/c3ccccc3Cl)c(=O)n2[C@H]1c1ccccc1. The Morgan fingerprint density at radius 3 is 2.65 bits per heavy atom. The van der Waals surface area contributed by atoms with Gasteiger partial charge in [0.25, 0.3) is 5.56 Å². The summed E-state index contributed by atoms with van der Waals surface area (Å²) in [5.74, 6) is -0.518. The molecule has 1 atom stereocenters.